The Morgan fingerprint density at radius 3 is 2.43 bits per heavy atom. The summed E-state index contributed by atoms with van der Waals surface area (Å²) in [5.41, 5.74) is 0.637. The van der Waals surface area contributed by atoms with Gasteiger partial charge >= 0.3 is 5.97 Å². The van der Waals surface area contributed by atoms with Crippen LogP contribution in [0.3, 0.4) is 0 Å². The summed E-state index contributed by atoms with van der Waals surface area (Å²) < 4.78 is 29.8. The number of aromatic nitrogens is 1. The van der Waals surface area contributed by atoms with Crippen LogP contribution in [0, 0.1) is 17.7 Å². The van der Waals surface area contributed by atoms with E-state index in [1.807, 2.05) is 0 Å². The molecule has 192 valence electrons. The number of aromatic hydroxyl groups is 1. The van der Waals surface area contributed by atoms with Crippen molar-refractivity contribution < 1.29 is 33.3 Å². The smallest absolute Gasteiger partial charge is 0.328 e. The lowest BCUT2D eigenvalue weighted by Gasteiger charge is -2.26. The van der Waals surface area contributed by atoms with Gasteiger partial charge in [0.1, 0.15) is 18.0 Å². The Morgan fingerprint density at radius 1 is 1.11 bits per heavy atom. The number of nitrogens with one attached hydrogen (secondary N) is 1. The van der Waals surface area contributed by atoms with Crippen molar-refractivity contribution in [2.75, 3.05) is 20.3 Å². The minimum Gasteiger partial charge on any atom is -0.503 e. The summed E-state index contributed by atoms with van der Waals surface area (Å²) in [6, 6.07) is 6.59. The first-order valence-corrected chi connectivity index (χ1v) is 11.7. The van der Waals surface area contributed by atoms with Crippen molar-refractivity contribution in [3.8, 4) is 11.5 Å². The van der Waals surface area contributed by atoms with Crippen molar-refractivity contribution in [1.82, 2.24) is 10.3 Å². The van der Waals surface area contributed by atoms with Gasteiger partial charge in [-0.2, -0.15) is 0 Å². The molecule has 0 radical (unpaired) electrons. The van der Waals surface area contributed by atoms with Gasteiger partial charge in [-0.05, 0) is 50.3 Å². The van der Waals surface area contributed by atoms with E-state index in [1.165, 1.54) is 38.4 Å². The third kappa shape index (κ3) is 8.83. The van der Waals surface area contributed by atoms with E-state index in [0.29, 0.717) is 25.6 Å². The molecule has 9 heteroatoms. The Balaban J connectivity index is 2.01. The molecule has 1 amide bonds. The van der Waals surface area contributed by atoms with E-state index in [0.717, 1.165) is 12.0 Å². The number of benzene rings is 1. The van der Waals surface area contributed by atoms with Gasteiger partial charge in [-0.3, -0.25) is 4.79 Å². The zero-order valence-electron chi connectivity index (χ0n) is 20.9. The van der Waals surface area contributed by atoms with Gasteiger partial charge < -0.3 is 24.6 Å². The lowest BCUT2D eigenvalue weighted by molar-refractivity contribution is -0.153. The minimum absolute atomic E-state index is 0.0927. The van der Waals surface area contributed by atoms with E-state index in [9.17, 15) is 19.1 Å². The molecule has 2 N–H and O–H groups in total. The predicted octanol–water partition coefficient (Wildman–Crippen LogP) is 3.91. The maximum absolute atomic E-state index is 13.3. The average molecular weight is 491 g/mol. The quantitative estimate of drug-likeness (QED) is 0.324. The number of carbonyl (C=O) groups is 2. The highest BCUT2D eigenvalue weighted by molar-refractivity contribution is 5.97. The summed E-state index contributed by atoms with van der Waals surface area (Å²) in [6.07, 6.45) is 2.22. The number of amides is 1. The van der Waals surface area contributed by atoms with Gasteiger partial charge in [-0.25, -0.2) is 14.2 Å². The molecule has 0 bridgehead atoms. The first-order valence-electron chi connectivity index (χ1n) is 11.7. The van der Waals surface area contributed by atoms with Crippen molar-refractivity contribution in [1.29, 1.82) is 0 Å². The molecular weight excluding hydrogens is 455 g/mol. The van der Waals surface area contributed by atoms with Crippen LogP contribution < -0.4 is 10.1 Å². The Kier molecular flexibility index (Phi) is 10.9. The maximum Gasteiger partial charge on any atom is 0.328 e. The van der Waals surface area contributed by atoms with Crippen molar-refractivity contribution in [2.45, 2.75) is 52.7 Å². The van der Waals surface area contributed by atoms with Crippen molar-refractivity contribution in [3.63, 3.8) is 0 Å². The van der Waals surface area contributed by atoms with Crippen molar-refractivity contribution in [2.24, 2.45) is 11.8 Å². The van der Waals surface area contributed by atoms with E-state index in [-0.39, 0.29) is 23.2 Å². The van der Waals surface area contributed by atoms with E-state index in [1.54, 1.807) is 19.1 Å². The topological polar surface area (TPSA) is 107 Å². The number of hydrogen-bond acceptors (Lipinski definition) is 7. The number of carbonyl (C=O) groups excluding carboxylic acids is 2. The molecule has 0 saturated carbocycles. The fraction of sp³-hybridized carbons (Fsp3) is 0.500. The number of nitrogens with zero attached hydrogens (tertiary/aromatic N) is 1. The van der Waals surface area contributed by atoms with E-state index in [2.05, 4.69) is 24.1 Å². The molecule has 3 atom stereocenters. The summed E-state index contributed by atoms with van der Waals surface area (Å²) in [5.74, 6) is -1.70. The second-order valence-corrected chi connectivity index (χ2v) is 8.90. The van der Waals surface area contributed by atoms with Crippen LogP contribution in [-0.4, -0.2) is 54.4 Å². The fourth-order valence-electron chi connectivity index (χ4n) is 3.31. The van der Waals surface area contributed by atoms with Crippen molar-refractivity contribution in [3.05, 3.63) is 53.6 Å². The second kappa shape index (κ2) is 13.6. The molecule has 2 aromatic rings. The van der Waals surface area contributed by atoms with Crippen LogP contribution in [0.4, 0.5) is 4.39 Å². The molecule has 8 nitrogen and oxygen atoms in total. The monoisotopic (exact) mass is 490 g/mol. The third-order valence-corrected chi connectivity index (χ3v) is 5.57. The average Bonchev–Trinajstić information content (AvgIpc) is 2.82. The maximum atomic E-state index is 13.3. The number of methoxy groups -OCH3 is 1. The summed E-state index contributed by atoms with van der Waals surface area (Å²) in [6.45, 7) is 8.42. The van der Waals surface area contributed by atoms with Gasteiger partial charge in [-0.1, -0.05) is 26.0 Å². The summed E-state index contributed by atoms with van der Waals surface area (Å²) in [7, 11) is 1.35. The molecule has 1 heterocycles. The van der Waals surface area contributed by atoms with Crippen LogP contribution in [-0.2, 0) is 20.7 Å². The molecule has 0 unspecified atom stereocenters. The van der Waals surface area contributed by atoms with E-state index in [4.69, 9.17) is 14.2 Å². The summed E-state index contributed by atoms with van der Waals surface area (Å²) in [5, 5.41) is 12.6. The molecule has 0 aliphatic carbocycles. The molecule has 0 spiro atoms. The number of rotatable bonds is 13. The summed E-state index contributed by atoms with van der Waals surface area (Å²) in [4.78, 5) is 29.1. The molecule has 0 aliphatic rings. The second-order valence-electron chi connectivity index (χ2n) is 8.90. The first kappa shape index (κ1) is 28.0. The number of hydrogen-bond donors (Lipinski definition) is 2. The molecule has 35 heavy (non-hydrogen) atoms. The van der Waals surface area contributed by atoms with Gasteiger partial charge in [-0.15, -0.1) is 0 Å². The summed E-state index contributed by atoms with van der Waals surface area (Å²) >= 11 is 0. The van der Waals surface area contributed by atoms with Gasteiger partial charge in [0.15, 0.2) is 17.2 Å². The normalized spacial score (nSPS) is 13.7. The minimum atomic E-state index is -0.995. The molecule has 1 aromatic carbocycles. The standard InChI is InChI=1S/C26H35FN2O6/c1-16(2)11-13-34-15-20(14-19-6-8-21(27)9-7-19)18(4)35-26(32)17(3)29-25(31)23-24(30)22(33-5)10-12-28-23/h6-10,12,16-18,20,30H,11,13-15H2,1-5H3,(H,29,31)/t17-,18-,20+/m0/s1. The van der Waals surface area contributed by atoms with E-state index >= 15 is 0 Å². The molecular formula is C26H35FN2O6. The van der Waals surface area contributed by atoms with Gasteiger partial charge in [0.2, 0.25) is 0 Å². The first-order chi connectivity index (χ1) is 16.6. The lowest BCUT2D eigenvalue weighted by atomic mass is 9.95. The van der Waals surface area contributed by atoms with Gasteiger partial charge in [0.25, 0.3) is 5.91 Å². The lowest BCUT2D eigenvalue weighted by Crippen LogP contribution is -2.42. The number of ether oxygens (including phenoxy) is 3. The highest BCUT2D eigenvalue weighted by atomic mass is 19.1. The fourth-order valence-corrected chi connectivity index (χ4v) is 3.31. The highest BCUT2D eigenvalue weighted by Crippen LogP contribution is 2.27. The van der Waals surface area contributed by atoms with Crippen LogP contribution in [0.25, 0.3) is 0 Å². The third-order valence-electron chi connectivity index (χ3n) is 5.57. The number of esters is 1. The predicted molar refractivity (Wildman–Crippen MR) is 129 cm³/mol. The number of pyridine rings is 1. The Bertz CT molecular complexity index is 967. The molecule has 2 rings (SSSR count). The largest absolute Gasteiger partial charge is 0.503 e. The molecule has 0 fully saturated rings. The van der Waals surface area contributed by atoms with E-state index < -0.39 is 29.8 Å². The van der Waals surface area contributed by atoms with Crippen LogP contribution >= 0.6 is 0 Å². The van der Waals surface area contributed by atoms with Crippen LogP contribution in [0.15, 0.2) is 36.5 Å². The van der Waals surface area contributed by atoms with Crippen LogP contribution in [0.2, 0.25) is 0 Å². The zero-order valence-corrected chi connectivity index (χ0v) is 20.9. The molecule has 1 aromatic heterocycles. The SMILES string of the molecule is COc1ccnc(C(=O)N[C@@H](C)C(=O)O[C@@H](C)[C@@H](COCCC(C)C)Cc2ccc(F)cc2)c1O. The van der Waals surface area contributed by atoms with Gasteiger partial charge in [0, 0.05) is 24.8 Å². The van der Waals surface area contributed by atoms with Crippen LogP contribution in [0.1, 0.15) is 50.2 Å². The molecule has 0 saturated heterocycles. The highest BCUT2D eigenvalue weighted by Gasteiger charge is 2.27. The Morgan fingerprint density at radius 2 is 1.80 bits per heavy atom. The van der Waals surface area contributed by atoms with Gasteiger partial charge in [0.05, 0.1) is 13.7 Å². The number of halogens is 1. The Hall–Kier alpha value is -3.20. The van der Waals surface area contributed by atoms with Crippen LogP contribution in [0.5, 0.6) is 11.5 Å². The molecule has 0 aliphatic heterocycles. The Labute approximate surface area is 205 Å². The van der Waals surface area contributed by atoms with Crippen molar-refractivity contribution >= 4 is 11.9 Å². The zero-order chi connectivity index (χ0) is 26.0.